The second kappa shape index (κ2) is 5.70. The fourth-order valence-electron chi connectivity index (χ4n) is 1.60. The number of aliphatic imine (C=N–C) groups is 1. The number of nitrogens with one attached hydrogen (secondary N) is 3. The lowest BCUT2D eigenvalue weighted by Crippen LogP contribution is -2.38. The van der Waals surface area contributed by atoms with Gasteiger partial charge in [-0.05, 0) is 32.6 Å². The smallest absolute Gasteiger partial charge is 0.191 e. The minimum atomic E-state index is 0.669. The highest BCUT2D eigenvalue weighted by atomic mass is 15.2. The van der Waals surface area contributed by atoms with Crippen LogP contribution in [0.15, 0.2) is 11.2 Å². The molecule has 0 radical (unpaired) electrons. The van der Waals surface area contributed by atoms with E-state index in [4.69, 9.17) is 0 Å². The predicted molar refractivity (Wildman–Crippen MR) is 68.9 cm³/mol. The third-order valence-electron chi connectivity index (χ3n) is 2.94. The lowest BCUT2D eigenvalue weighted by molar-refractivity contribution is 0.739. The van der Waals surface area contributed by atoms with Crippen molar-refractivity contribution < 1.29 is 0 Å². The number of aryl methyl sites for hydroxylation is 1. The van der Waals surface area contributed by atoms with Gasteiger partial charge in [0.25, 0.3) is 0 Å². The molecule has 1 fully saturated rings. The van der Waals surface area contributed by atoms with Gasteiger partial charge in [0.05, 0.1) is 12.7 Å². The number of hydrogen-bond donors (Lipinski definition) is 3. The summed E-state index contributed by atoms with van der Waals surface area (Å²) in [6.07, 6.45) is 4.55. The normalized spacial score (nSPS) is 16.0. The topological polar surface area (TPSA) is 65.1 Å². The summed E-state index contributed by atoms with van der Waals surface area (Å²) in [6, 6.07) is 0. The molecule has 0 spiro atoms. The average Bonchev–Trinajstić information content (AvgIpc) is 3.06. The molecule has 5 nitrogen and oxygen atoms in total. The van der Waals surface area contributed by atoms with Gasteiger partial charge in [0.1, 0.15) is 0 Å². The van der Waals surface area contributed by atoms with Crippen molar-refractivity contribution in [3.63, 3.8) is 0 Å². The SMILES string of the molecule is CCNC(=NCc1cn[nH]c1C)NCC1CC1. The average molecular weight is 235 g/mol. The Kier molecular flexibility index (Phi) is 4.01. The monoisotopic (exact) mass is 235 g/mol. The lowest BCUT2D eigenvalue weighted by Gasteiger charge is -2.10. The number of rotatable bonds is 5. The highest BCUT2D eigenvalue weighted by molar-refractivity contribution is 5.79. The summed E-state index contributed by atoms with van der Waals surface area (Å²) in [6.45, 7) is 6.69. The summed E-state index contributed by atoms with van der Waals surface area (Å²) in [5, 5.41) is 13.5. The van der Waals surface area contributed by atoms with E-state index < -0.39 is 0 Å². The molecule has 2 rings (SSSR count). The number of hydrogen-bond acceptors (Lipinski definition) is 2. The van der Waals surface area contributed by atoms with Gasteiger partial charge in [0.2, 0.25) is 0 Å². The quantitative estimate of drug-likeness (QED) is 0.530. The van der Waals surface area contributed by atoms with E-state index in [1.165, 1.54) is 12.8 Å². The van der Waals surface area contributed by atoms with E-state index in [9.17, 15) is 0 Å². The molecule has 5 heteroatoms. The van der Waals surface area contributed by atoms with Crippen molar-refractivity contribution in [3.05, 3.63) is 17.5 Å². The van der Waals surface area contributed by atoms with Crippen LogP contribution >= 0.6 is 0 Å². The fourth-order valence-corrected chi connectivity index (χ4v) is 1.60. The molecule has 1 aromatic rings. The van der Waals surface area contributed by atoms with Crippen LogP contribution in [0.1, 0.15) is 31.0 Å². The zero-order valence-electron chi connectivity index (χ0n) is 10.6. The van der Waals surface area contributed by atoms with Crippen molar-refractivity contribution in [3.8, 4) is 0 Å². The summed E-state index contributed by atoms with van der Waals surface area (Å²) in [4.78, 5) is 4.55. The Morgan fingerprint density at radius 3 is 2.94 bits per heavy atom. The van der Waals surface area contributed by atoms with Crippen molar-refractivity contribution >= 4 is 5.96 Å². The molecular weight excluding hydrogens is 214 g/mol. The molecule has 0 aliphatic heterocycles. The molecule has 0 bridgehead atoms. The van der Waals surface area contributed by atoms with Gasteiger partial charge in [0, 0.05) is 24.3 Å². The van der Waals surface area contributed by atoms with Crippen molar-refractivity contribution in [2.24, 2.45) is 10.9 Å². The standard InChI is InChI=1S/C12H21N5/c1-3-13-12(14-6-10-4-5-10)15-7-11-8-16-17-9(11)2/h8,10H,3-7H2,1-2H3,(H,16,17)(H2,13,14,15). The Bertz CT molecular complexity index is 378. The molecular formula is C12H21N5. The van der Waals surface area contributed by atoms with E-state index in [-0.39, 0.29) is 0 Å². The molecule has 1 aliphatic carbocycles. The van der Waals surface area contributed by atoms with E-state index in [1.807, 2.05) is 13.1 Å². The van der Waals surface area contributed by atoms with E-state index in [0.29, 0.717) is 6.54 Å². The Morgan fingerprint density at radius 1 is 1.53 bits per heavy atom. The molecule has 17 heavy (non-hydrogen) atoms. The molecule has 1 aliphatic rings. The van der Waals surface area contributed by atoms with Crippen LogP contribution in [0.4, 0.5) is 0 Å². The Hall–Kier alpha value is -1.52. The van der Waals surface area contributed by atoms with Crippen LogP contribution in [0.5, 0.6) is 0 Å². The molecule has 1 aromatic heterocycles. The van der Waals surface area contributed by atoms with Crippen molar-refractivity contribution in [1.29, 1.82) is 0 Å². The molecule has 94 valence electrons. The molecule has 0 saturated heterocycles. The molecule has 1 saturated carbocycles. The maximum atomic E-state index is 4.55. The van der Waals surface area contributed by atoms with E-state index >= 15 is 0 Å². The number of H-pyrrole nitrogens is 1. The van der Waals surface area contributed by atoms with Crippen LogP contribution < -0.4 is 10.6 Å². The second-order valence-corrected chi connectivity index (χ2v) is 4.54. The van der Waals surface area contributed by atoms with E-state index in [1.54, 1.807) is 0 Å². The maximum Gasteiger partial charge on any atom is 0.191 e. The van der Waals surface area contributed by atoms with Crippen molar-refractivity contribution in [2.45, 2.75) is 33.2 Å². The summed E-state index contributed by atoms with van der Waals surface area (Å²) in [5.74, 6) is 1.76. The molecule has 0 atom stereocenters. The van der Waals surface area contributed by atoms with E-state index in [2.05, 4.69) is 32.7 Å². The largest absolute Gasteiger partial charge is 0.357 e. The molecule has 0 unspecified atom stereocenters. The Labute approximate surface area is 102 Å². The van der Waals surface area contributed by atoms with Gasteiger partial charge in [-0.15, -0.1) is 0 Å². The van der Waals surface area contributed by atoms with Crippen LogP contribution in [0.25, 0.3) is 0 Å². The van der Waals surface area contributed by atoms with Gasteiger partial charge in [-0.3, -0.25) is 5.10 Å². The first kappa shape index (κ1) is 12.0. The third kappa shape index (κ3) is 3.76. The van der Waals surface area contributed by atoms with Crippen molar-refractivity contribution in [1.82, 2.24) is 20.8 Å². The second-order valence-electron chi connectivity index (χ2n) is 4.54. The van der Waals surface area contributed by atoms with E-state index in [0.717, 1.165) is 36.2 Å². The summed E-state index contributed by atoms with van der Waals surface area (Å²) < 4.78 is 0. The first-order valence-electron chi connectivity index (χ1n) is 6.30. The Morgan fingerprint density at radius 2 is 2.35 bits per heavy atom. The molecule has 0 amide bonds. The summed E-state index contributed by atoms with van der Waals surface area (Å²) in [5.41, 5.74) is 2.24. The number of aromatic amines is 1. The maximum absolute atomic E-state index is 4.55. The molecule has 3 N–H and O–H groups in total. The lowest BCUT2D eigenvalue weighted by atomic mass is 10.3. The minimum Gasteiger partial charge on any atom is -0.357 e. The zero-order valence-corrected chi connectivity index (χ0v) is 10.6. The van der Waals surface area contributed by atoms with Crippen molar-refractivity contribution in [2.75, 3.05) is 13.1 Å². The number of aromatic nitrogens is 2. The van der Waals surface area contributed by atoms with Gasteiger partial charge in [0.15, 0.2) is 5.96 Å². The van der Waals surface area contributed by atoms with Crippen LogP contribution in [0, 0.1) is 12.8 Å². The van der Waals surface area contributed by atoms with Gasteiger partial charge < -0.3 is 10.6 Å². The third-order valence-corrected chi connectivity index (χ3v) is 2.94. The Balaban J connectivity index is 1.86. The first-order chi connectivity index (χ1) is 8.29. The van der Waals surface area contributed by atoms with Gasteiger partial charge in [-0.2, -0.15) is 5.10 Å². The first-order valence-corrected chi connectivity index (χ1v) is 6.30. The van der Waals surface area contributed by atoms with Crippen LogP contribution in [0.2, 0.25) is 0 Å². The van der Waals surface area contributed by atoms with Crippen LogP contribution in [0.3, 0.4) is 0 Å². The summed E-state index contributed by atoms with van der Waals surface area (Å²) >= 11 is 0. The number of nitrogens with zero attached hydrogens (tertiary/aromatic N) is 2. The number of guanidine groups is 1. The highest BCUT2D eigenvalue weighted by Gasteiger charge is 2.20. The molecule has 0 aromatic carbocycles. The van der Waals surface area contributed by atoms with Gasteiger partial charge in [-0.25, -0.2) is 4.99 Å². The van der Waals surface area contributed by atoms with Crippen LogP contribution in [-0.2, 0) is 6.54 Å². The van der Waals surface area contributed by atoms with Gasteiger partial charge >= 0.3 is 0 Å². The predicted octanol–water partition coefficient (Wildman–Crippen LogP) is 1.18. The zero-order chi connectivity index (χ0) is 12.1. The highest BCUT2D eigenvalue weighted by Crippen LogP contribution is 2.27. The van der Waals surface area contributed by atoms with Gasteiger partial charge in [-0.1, -0.05) is 0 Å². The molecule has 1 heterocycles. The summed E-state index contributed by atoms with van der Waals surface area (Å²) in [7, 11) is 0. The minimum absolute atomic E-state index is 0.669. The fraction of sp³-hybridized carbons (Fsp3) is 0.667. The van der Waals surface area contributed by atoms with Crippen LogP contribution in [-0.4, -0.2) is 29.2 Å².